The minimum absolute atomic E-state index is 0.00933. The summed E-state index contributed by atoms with van der Waals surface area (Å²) in [6, 6.07) is 13.9. The third kappa shape index (κ3) is 4.74. The van der Waals surface area contributed by atoms with Crippen LogP contribution in [0.3, 0.4) is 0 Å². The lowest BCUT2D eigenvalue weighted by Crippen LogP contribution is -2.50. The average Bonchev–Trinajstić information content (AvgIpc) is 3.34. The van der Waals surface area contributed by atoms with Crippen LogP contribution in [0.2, 0.25) is 0 Å². The predicted molar refractivity (Wildman–Crippen MR) is 135 cm³/mol. The number of fused-ring (bicyclic) bond motifs is 3. The van der Waals surface area contributed by atoms with E-state index in [1.165, 1.54) is 0 Å². The van der Waals surface area contributed by atoms with Gasteiger partial charge in [0, 0.05) is 49.4 Å². The number of hydrogen-bond donors (Lipinski definition) is 1. The van der Waals surface area contributed by atoms with Gasteiger partial charge in [0.05, 0.1) is 45.6 Å². The molecule has 2 aromatic rings. The van der Waals surface area contributed by atoms with Gasteiger partial charge in [0.15, 0.2) is 0 Å². The molecular weight excluding hydrogens is 442 g/mol. The van der Waals surface area contributed by atoms with E-state index >= 15 is 0 Å². The standard InChI is InChI=1S/C28H33N3O4/c1-29-25-10-7-21(4-3-20-5-8-22(34-2)9-6-20)17-24(25)28-23(26(29)19-32)11-12-31(28)27(33)18-30-13-15-35-16-14-30/h5-10,17,23,26,28,32H,11-16,18-19H2,1-2H3/t23-,26+,28-/m1/s1. The predicted octanol–water partition coefficient (Wildman–Crippen LogP) is 2.13. The Morgan fingerprint density at radius 3 is 2.51 bits per heavy atom. The number of anilines is 1. The lowest BCUT2D eigenvalue weighted by molar-refractivity contribution is -0.135. The first-order valence-corrected chi connectivity index (χ1v) is 12.3. The molecule has 0 bridgehead atoms. The third-order valence-corrected chi connectivity index (χ3v) is 7.57. The summed E-state index contributed by atoms with van der Waals surface area (Å²) in [7, 11) is 3.69. The quantitative estimate of drug-likeness (QED) is 0.684. The molecule has 1 N–H and O–H groups in total. The van der Waals surface area contributed by atoms with E-state index in [-0.39, 0.29) is 30.5 Å². The molecule has 0 unspecified atom stereocenters. The summed E-state index contributed by atoms with van der Waals surface area (Å²) >= 11 is 0. The fourth-order valence-corrected chi connectivity index (χ4v) is 5.67. The van der Waals surface area contributed by atoms with Crippen LogP contribution in [-0.2, 0) is 9.53 Å². The molecule has 5 rings (SSSR count). The van der Waals surface area contributed by atoms with Gasteiger partial charge in [0.1, 0.15) is 5.75 Å². The normalized spacial score (nSPS) is 23.8. The lowest BCUT2D eigenvalue weighted by atomic mass is 9.81. The highest BCUT2D eigenvalue weighted by molar-refractivity contribution is 5.80. The van der Waals surface area contributed by atoms with E-state index in [2.05, 4.69) is 33.8 Å². The van der Waals surface area contributed by atoms with Crippen LogP contribution in [0.4, 0.5) is 5.69 Å². The van der Waals surface area contributed by atoms with Gasteiger partial charge in [-0.1, -0.05) is 11.8 Å². The number of amides is 1. The summed E-state index contributed by atoms with van der Waals surface area (Å²) in [5.74, 6) is 7.68. The highest BCUT2D eigenvalue weighted by Crippen LogP contribution is 2.48. The molecule has 3 heterocycles. The lowest BCUT2D eigenvalue weighted by Gasteiger charge is -2.44. The van der Waals surface area contributed by atoms with E-state index < -0.39 is 0 Å². The number of benzene rings is 2. The summed E-state index contributed by atoms with van der Waals surface area (Å²) in [6.45, 7) is 4.13. The van der Waals surface area contributed by atoms with Gasteiger partial charge in [-0.25, -0.2) is 0 Å². The number of ether oxygens (including phenoxy) is 2. The number of likely N-dealkylation sites (tertiary alicyclic amines) is 1. The Kier molecular flexibility index (Phi) is 6.96. The van der Waals surface area contributed by atoms with Crippen LogP contribution < -0.4 is 9.64 Å². The topological polar surface area (TPSA) is 65.5 Å². The molecule has 0 saturated carbocycles. The second-order valence-electron chi connectivity index (χ2n) is 9.49. The molecule has 0 spiro atoms. The summed E-state index contributed by atoms with van der Waals surface area (Å²) < 4.78 is 10.7. The molecule has 1 amide bonds. The van der Waals surface area contributed by atoms with Crippen molar-refractivity contribution in [1.82, 2.24) is 9.80 Å². The minimum atomic E-state index is -0.0466. The molecule has 0 radical (unpaired) electrons. The Labute approximate surface area is 207 Å². The van der Waals surface area contributed by atoms with Crippen molar-refractivity contribution in [2.24, 2.45) is 5.92 Å². The SMILES string of the molecule is COc1ccc(C#Cc2ccc3c(c2)[C@H]2[C@H](CCN2C(=O)CN2CCOCC2)[C@H](CO)N3C)cc1. The monoisotopic (exact) mass is 475 g/mol. The van der Waals surface area contributed by atoms with Crippen LogP contribution in [-0.4, -0.2) is 87.0 Å². The maximum absolute atomic E-state index is 13.4. The molecule has 2 fully saturated rings. The molecule has 7 nitrogen and oxygen atoms in total. The number of rotatable bonds is 4. The van der Waals surface area contributed by atoms with E-state index in [0.29, 0.717) is 26.3 Å². The second-order valence-corrected chi connectivity index (χ2v) is 9.49. The van der Waals surface area contributed by atoms with Gasteiger partial charge in [-0.2, -0.15) is 0 Å². The highest BCUT2D eigenvalue weighted by atomic mass is 16.5. The molecule has 0 aromatic heterocycles. The summed E-state index contributed by atoms with van der Waals surface area (Å²) in [6.07, 6.45) is 0.885. The smallest absolute Gasteiger partial charge is 0.237 e. The van der Waals surface area contributed by atoms with Gasteiger partial charge < -0.3 is 24.4 Å². The van der Waals surface area contributed by atoms with Gasteiger partial charge in [-0.15, -0.1) is 0 Å². The Balaban J connectivity index is 1.44. The fraction of sp³-hybridized carbons (Fsp3) is 0.464. The van der Waals surface area contributed by atoms with Crippen molar-refractivity contribution in [2.75, 3.05) is 65.1 Å². The van der Waals surface area contributed by atoms with Gasteiger partial charge in [0.2, 0.25) is 5.91 Å². The molecule has 3 atom stereocenters. The van der Waals surface area contributed by atoms with Gasteiger partial charge in [-0.05, 0) is 54.4 Å². The third-order valence-electron chi connectivity index (χ3n) is 7.57. The van der Waals surface area contributed by atoms with Gasteiger partial charge >= 0.3 is 0 Å². The van der Waals surface area contributed by atoms with Crippen LogP contribution in [0.5, 0.6) is 5.75 Å². The average molecular weight is 476 g/mol. The Bertz CT molecular complexity index is 1120. The Hall–Kier alpha value is -3.05. The Morgan fingerprint density at radius 2 is 1.80 bits per heavy atom. The first-order chi connectivity index (χ1) is 17.1. The van der Waals surface area contributed by atoms with E-state index in [0.717, 1.165) is 47.6 Å². The van der Waals surface area contributed by atoms with Crippen molar-refractivity contribution >= 4 is 11.6 Å². The number of hydrogen-bond acceptors (Lipinski definition) is 6. The maximum atomic E-state index is 13.4. The number of carbonyl (C=O) groups is 1. The van der Waals surface area contributed by atoms with Crippen LogP contribution in [0, 0.1) is 17.8 Å². The largest absolute Gasteiger partial charge is 0.497 e. The van der Waals surface area contributed by atoms with Crippen molar-refractivity contribution in [3.8, 4) is 17.6 Å². The van der Waals surface area contributed by atoms with Crippen LogP contribution in [0.1, 0.15) is 29.2 Å². The molecular formula is C28H33N3O4. The van der Waals surface area contributed by atoms with Crippen LogP contribution in [0.15, 0.2) is 42.5 Å². The molecule has 2 aromatic carbocycles. The zero-order valence-electron chi connectivity index (χ0n) is 20.4. The molecule has 3 aliphatic heterocycles. The van der Waals surface area contributed by atoms with E-state index in [1.54, 1.807) is 7.11 Å². The highest BCUT2D eigenvalue weighted by Gasteiger charge is 2.47. The minimum Gasteiger partial charge on any atom is -0.497 e. The number of methoxy groups -OCH3 is 1. The summed E-state index contributed by atoms with van der Waals surface area (Å²) in [5, 5.41) is 10.2. The zero-order chi connectivity index (χ0) is 24.4. The zero-order valence-corrected chi connectivity index (χ0v) is 20.4. The number of morpholine rings is 1. The number of aliphatic hydroxyl groups excluding tert-OH is 1. The number of aliphatic hydroxyl groups is 1. The van der Waals surface area contributed by atoms with E-state index in [4.69, 9.17) is 9.47 Å². The van der Waals surface area contributed by atoms with Crippen molar-refractivity contribution in [1.29, 1.82) is 0 Å². The fourth-order valence-electron chi connectivity index (χ4n) is 5.67. The molecule has 184 valence electrons. The molecule has 7 heteroatoms. The Morgan fingerprint density at radius 1 is 1.09 bits per heavy atom. The molecule has 2 saturated heterocycles. The number of carbonyl (C=O) groups excluding carboxylic acids is 1. The van der Waals surface area contributed by atoms with Gasteiger partial charge in [0.25, 0.3) is 0 Å². The van der Waals surface area contributed by atoms with Crippen molar-refractivity contribution < 1.29 is 19.4 Å². The molecule has 35 heavy (non-hydrogen) atoms. The maximum Gasteiger partial charge on any atom is 0.237 e. The molecule has 3 aliphatic rings. The molecule has 0 aliphatic carbocycles. The van der Waals surface area contributed by atoms with Crippen LogP contribution in [0.25, 0.3) is 0 Å². The van der Waals surface area contributed by atoms with Crippen molar-refractivity contribution in [3.63, 3.8) is 0 Å². The summed E-state index contributed by atoms with van der Waals surface area (Å²) in [4.78, 5) is 19.8. The second kappa shape index (κ2) is 10.3. The van der Waals surface area contributed by atoms with Gasteiger partial charge in [-0.3, -0.25) is 9.69 Å². The van der Waals surface area contributed by atoms with E-state index in [1.807, 2.05) is 42.3 Å². The summed E-state index contributed by atoms with van der Waals surface area (Å²) in [5.41, 5.74) is 4.02. The van der Waals surface area contributed by atoms with Crippen LogP contribution >= 0.6 is 0 Å². The van der Waals surface area contributed by atoms with Crippen molar-refractivity contribution in [2.45, 2.75) is 18.5 Å². The first-order valence-electron chi connectivity index (χ1n) is 12.3. The first kappa shape index (κ1) is 23.7. The number of nitrogens with zero attached hydrogens (tertiary/aromatic N) is 3. The van der Waals surface area contributed by atoms with E-state index in [9.17, 15) is 9.90 Å². The van der Waals surface area contributed by atoms with Crippen molar-refractivity contribution in [3.05, 3.63) is 59.2 Å². The number of likely N-dealkylation sites (N-methyl/N-ethyl adjacent to an activating group) is 1.